The molecule has 0 bridgehead atoms. The third kappa shape index (κ3) is 4.48. The molecule has 0 heterocycles. The van der Waals surface area contributed by atoms with Gasteiger partial charge in [0.05, 0.1) is 5.69 Å². The molecule has 24 heavy (non-hydrogen) atoms. The zero-order valence-corrected chi connectivity index (χ0v) is 15.5. The van der Waals surface area contributed by atoms with Crippen LogP contribution in [0.2, 0.25) is 0 Å². The number of anilines is 1. The summed E-state index contributed by atoms with van der Waals surface area (Å²) >= 11 is 0. The third-order valence-corrected chi connectivity index (χ3v) is 6.32. The minimum Gasteiger partial charge on any atom is -0.349 e. The van der Waals surface area contributed by atoms with Crippen molar-refractivity contribution in [3.63, 3.8) is 0 Å². The van der Waals surface area contributed by atoms with Gasteiger partial charge in [0, 0.05) is 32.7 Å². The maximum atomic E-state index is 12.4. The molecule has 0 aliphatic heterocycles. The smallest absolute Gasteiger partial charge is 0.303 e. The number of carbonyl (C=O) groups is 1. The van der Waals surface area contributed by atoms with Crippen molar-refractivity contribution >= 4 is 21.8 Å². The monoisotopic (exact) mass is 353 g/mol. The maximum Gasteiger partial charge on any atom is 0.303 e. The first-order valence-corrected chi connectivity index (χ1v) is 9.79. The fourth-order valence-electron chi connectivity index (χ4n) is 2.89. The molecule has 1 aromatic carbocycles. The van der Waals surface area contributed by atoms with E-state index in [0.717, 1.165) is 30.0 Å². The molecule has 0 saturated heterocycles. The molecule has 0 spiro atoms. The molecule has 1 N–H and O–H groups in total. The van der Waals surface area contributed by atoms with Crippen LogP contribution in [0.1, 0.15) is 48.9 Å². The molecule has 1 aliphatic carbocycles. The molecule has 0 unspecified atom stereocenters. The van der Waals surface area contributed by atoms with Gasteiger partial charge in [-0.15, -0.1) is 0 Å². The maximum absolute atomic E-state index is 12.4. The number of hydrogen-bond acceptors (Lipinski definition) is 3. The molecular formula is C17H27N3O3S. The Morgan fingerprint density at radius 3 is 2.04 bits per heavy atom. The predicted octanol–water partition coefficient (Wildman–Crippen LogP) is 2.38. The minimum atomic E-state index is -3.52. The Labute approximate surface area is 145 Å². The van der Waals surface area contributed by atoms with Gasteiger partial charge in [-0.25, -0.2) is 0 Å². The Bertz CT molecular complexity index is 648. The Morgan fingerprint density at radius 1 is 1.00 bits per heavy atom. The summed E-state index contributed by atoms with van der Waals surface area (Å²) in [6, 6.07) is 6.90. The molecule has 2 rings (SSSR count). The van der Waals surface area contributed by atoms with E-state index in [2.05, 4.69) is 5.32 Å². The molecule has 0 atom stereocenters. The fourth-order valence-corrected chi connectivity index (χ4v) is 3.77. The van der Waals surface area contributed by atoms with E-state index in [1.807, 2.05) is 0 Å². The van der Waals surface area contributed by atoms with Gasteiger partial charge in [-0.1, -0.05) is 25.7 Å². The lowest BCUT2D eigenvalue weighted by Crippen LogP contribution is -2.37. The molecule has 1 fully saturated rings. The molecule has 0 aromatic heterocycles. The van der Waals surface area contributed by atoms with Gasteiger partial charge >= 0.3 is 10.2 Å². The summed E-state index contributed by atoms with van der Waals surface area (Å²) in [5, 5.41) is 3.09. The van der Waals surface area contributed by atoms with Crippen LogP contribution in [0.5, 0.6) is 0 Å². The molecule has 134 valence electrons. The van der Waals surface area contributed by atoms with E-state index in [-0.39, 0.29) is 11.9 Å². The van der Waals surface area contributed by atoms with Crippen LogP contribution in [-0.4, -0.2) is 45.8 Å². The molecule has 6 nitrogen and oxygen atoms in total. The SMILES string of the molecule is CN(C)S(=O)(=O)N(C)c1ccc(C(=O)NC2CCCCCC2)cc1. The van der Waals surface area contributed by atoms with Crippen LogP contribution in [0.25, 0.3) is 0 Å². The second kappa shape index (κ2) is 7.98. The Balaban J connectivity index is 2.04. The van der Waals surface area contributed by atoms with Crippen molar-refractivity contribution in [3.8, 4) is 0 Å². The quantitative estimate of drug-likeness (QED) is 0.826. The first-order valence-electron chi connectivity index (χ1n) is 8.39. The van der Waals surface area contributed by atoms with Gasteiger partial charge in [-0.2, -0.15) is 12.7 Å². The van der Waals surface area contributed by atoms with E-state index in [0.29, 0.717) is 11.3 Å². The highest BCUT2D eigenvalue weighted by Crippen LogP contribution is 2.20. The molecule has 1 aliphatic rings. The standard InChI is InChI=1S/C17H27N3O3S/c1-19(2)24(22,23)20(3)16-12-10-14(11-13-16)17(21)18-15-8-6-4-5-7-9-15/h10-13,15H,4-9H2,1-3H3,(H,18,21). The van der Waals surface area contributed by atoms with Gasteiger partial charge < -0.3 is 5.32 Å². The van der Waals surface area contributed by atoms with Crippen molar-refractivity contribution in [2.45, 2.75) is 44.6 Å². The zero-order valence-electron chi connectivity index (χ0n) is 14.7. The average Bonchev–Trinajstić information content (AvgIpc) is 2.82. The molecule has 1 amide bonds. The largest absolute Gasteiger partial charge is 0.349 e. The summed E-state index contributed by atoms with van der Waals surface area (Å²) in [7, 11) is 0.945. The molecule has 0 radical (unpaired) electrons. The van der Waals surface area contributed by atoms with Crippen molar-refractivity contribution in [2.75, 3.05) is 25.4 Å². The normalized spacial score (nSPS) is 16.7. The van der Waals surface area contributed by atoms with Crippen LogP contribution >= 0.6 is 0 Å². The van der Waals surface area contributed by atoms with E-state index in [9.17, 15) is 13.2 Å². The van der Waals surface area contributed by atoms with Crippen molar-refractivity contribution in [3.05, 3.63) is 29.8 Å². The van der Waals surface area contributed by atoms with E-state index in [1.165, 1.54) is 38.3 Å². The number of benzene rings is 1. The predicted molar refractivity (Wildman–Crippen MR) is 96.4 cm³/mol. The van der Waals surface area contributed by atoms with Crippen LogP contribution in [0.4, 0.5) is 5.69 Å². The van der Waals surface area contributed by atoms with E-state index in [1.54, 1.807) is 24.3 Å². The van der Waals surface area contributed by atoms with Crippen molar-refractivity contribution in [1.82, 2.24) is 9.62 Å². The summed E-state index contributed by atoms with van der Waals surface area (Å²) in [5.41, 5.74) is 1.08. The summed E-state index contributed by atoms with van der Waals surface area (Å²) in [6.45, 7) is 0. The average molecular weight is 353 g/mol. The molecule has 7 heteroatoms. The number of rotatable bonds is 5. The van der Waals surface area contributed by atoms with Crippen LogP contribution in [0.15, 0.2) is 24.3 Å². The Kier molecular flexibility index (Phi) is 6.23. The fraction of sp³-hybridized carbons (Fsp3) is 0.588. The summed E-state index contributed by atoms with van der Waals surface area (Å²) < 4.78 is 26.6. The van der Waals surface area contributed by atoms with Gasteiger partial charge in [-0.3, -0.25) is 9.10 Å². The van der Waals surface area contributed by atoms with Crippen LogP contribution in [0, 0.1) is 0 Å². The van der Waals surface area contributed by atoms with Gasteiger partial charge in [0.15, 0.2) is 0 Å². The second-order valence-corrected chi connectivity index (χ2v) is 8.64. The van der Waals surface area contributed by atoms with Crippen LogP contribution in [-0.2, 0) is 10.2 Å². The lowest BCUT2D eigenvalue weighted by molar-refractivity contribution is 0.0933. The van der Waals surface area contributed by atoms with Crippen molar-refractivity contribution < 1.29 is 13.2 Å². The van der Waals surface area contributed by atoms with E-state index >= 15 is 0 Å². The summed E-state index contributed by atoms with van der Waals surface area (Å²) in [4.78, 5) is 12.4. The summed E-state index contributed by atoms with van der Waals surface area (Å²) in [5.74, 6) is -0.0911. The van der Waals surface area contributed by atoms with Crippen molar-refractivity contribution in [1.29, 1.82) is 0 Å². The number of nitrogens with one attached hydrogen (secondary N) is 1. The Hall–Kier alpha value is -1.60. The number of hydrogen-bond donors (Lipinski definition) is 1. The van der Waals surface area contributed by atoms with Gasteiger partial charge in [0.2, 0.25) is 0 Å². The number of nitrogens with zero attached hydrogens (tertiary/aromatic N) is 2. The lowest BCUT2D eigenvalue weighted by Gasteiger charge is -2.23. The summed E-state index contributed by atoms with van der Waals surface area (Å²) in [6.07, 6.45) is 6.89. The second-order valence-electron chi connectivity index (χ2n) is 6.47. The van der Waals surface area contributed by atoms with Gasteiger partial charge in [-0.05, 0) is 37.1 Å². The number of carbonyl (C=O) groups excluding carboxylic acids is 1. The number of amides is 1. The lowest BCUT2D eigenvalue weighted by atomic mass is 10.1. The zero-order chi connectivity index (χ0) is 17.7. The topological polar surface area (TPSA) is 69.7 Å². The first kappa shape index (κ1) is 18.7. The molecule has 1 saturated carbocycles. The minimum absolute atomic E-state index is 0.0911. The van der Waals surface area contributed by atoms with Crippen LogP contribution in [0.3, 0.4) is 0 Å². The highest BCUT2D eigenvalue weighted by molar-refractivity contribution is 7.90. The highest BCUT2D eigenvalue weighted by atomic mass is 32.2. The molecular weight excluding hydrogens is 326 g/mol. The van der Waals surface area contributed by atoms with E-state index in [4.69, 9.17) is 0 Å². The first-order chi connectivity index (χ1) is 11.3. The van der Waals surface area contributed by atoms with Crippen LogP contribution < -0.4 is 9.62 Å². The van der Waals surface area contributed by atoms with Gasteiger partial charge in [0.25, 0.3) is 5.91 Å². The highest BCUT2D eigenvalue weighted by Gasteiger charge is 2.21. The molecule has 1 aromatic rings. The van der Waals surface area contributed by atoms with E-state index < -0.39 is 10.2 Å². The Morgan fingerprint density at radius 2 is 1.54 bits per heavy atom. The van der Waals surface area contributed by atoms with Gasteiger partial charge in [0.1, 0.15) is 0 Å². The van der Waals surface area contributed by atoms with Crippen molar-refractivity contribution in [2.24, 2.45) is 0 Å². The third-order valence-electron chi connectivity index (χ3n) is 4.49.